The van der Waals surface area contributed by atoms with Gasteiger partial charge in [-0.1, -0.05) is 29.8 Å². The molecule has 0 bridgehead atoms. The Hall–Kier alpha value is -2.44. The van der Waals surface area contributed by atoms with Crippen LogP contribution in [-0.2, 0) is 21.6 Å². The maximum atomic E-state index is 12.0. The van der Waals surface area contributed by atoms with Gasteiger partial charge in [0.05, 0.1) is 12.3 Å². The van der Waals surface area contributed by atoms with Crippen LogP contribution >= 0.6 is 11.3 Å². The molecule has 2 aromatic heterocycles. The van der Waals surface area contributed by atoms with Gasteiger partial charge >= 0.3 is 5.97 Å². The van der Waals surface area contributed by atoms with Crippen LogP contribution in [0.3, 0.4) is 0 Å². The molecule has 0 fully saturated rings. The topological polar surface area (TPSA) is 64.3 Å². The predicted molar refractivity (Wildman–Crippen MR) is 107 cm³/mol. The lowest BCUT2D eigenvalue weighted by molar-refractivity contribution is -0.142. The van der Waals surface area contributed by atoms with Crippen LogP contribution in [-0.4, -0.2) is 27.2 Å². The number of aromatic nitrogens is 2. The van der Waals surface area contributed by atoms with Crippen molar-refractivity contribution in [2.45, 2.75) is 39.7 Å². The third-order valence-electron chi connectivity index (χ3n) is 4.15. The van der Waals surface area contributed by atoms with E-state index in [0.29, 0.717) is 18.1 Å². The van der Waals surface area contributed by atoms with Crippen LogP contribution in [0.5, 0.6) is 0 Å². The highest BCUT2D eigenvalue weighted by atomic mass is 32.1. The molecule has 0 unspecified atom stereocenters. The Balaban J connectivity index is 2.00. The Bertz CT molecular complexity index is 950. The number of hydrogen-bond donors (Lipinski definition) is 1. The summed E-state index contributed by atoms with van der Waals surface area (Å²) < 4.78 is 6.94. The lowest BCUT2D eigenvalue weighted by Gasteiger charge is -2.12. The fourth-order valence-electron chi connectivity index (χ4n) is 2.78. The van der Waals surface area contributed by atoms with Crippen LogP contribution in [0.15, 0.2) is 42.6 Å². The minimum atomic E-state index is -1.09. The molecule has 5 nitrogen and oxygen atoms in total. The van der Waals surface area contributed by atoms with Gasteiger partial charge in [-0.05, 0) is 45.4 Å². The predicted octanol–water partition coefficient (Wildman–Crippen LogP) is 4.24. The number of nitrogens with zero attached hydrogens (tertiary/aromatic N) is 2. The number of esters is 1. The molecule has 1 aromatic carbocycles. The first kappa shape index (κ1) is 19.3. The number of aryl methyl sites for hydroxylation is 1. The van der Waals surface area contributed by atoms with Crippen molar-refractivity contribution in [2.75, 3.05) is 6.61 Å². The molecule has 0 aliphatic rings. The first-order valence-corrected chi connectivity index (χ1v) is 9.73. The average Bonchev–Trinajstić information content (AvgIpc) is 3.21. The van der Waals surface area contributed by atoms with Gasteiger partial charge < -0.3 is 9.84 Å². The van der Waals surface area contributed by atoms with Gasteiger partial charge in [0.1, 0.15) is 22.8 Å². The van der Waals surface area contributed by atoms with Gasteiger partial charge in [0.2, 0.25) is 0 Å². The van der Waals surface area contributed by atoms with Crippen molar-refractivity contribution in [2.24, 2.45) is 0 Å². The third-order valence-corrected chi connectivity index (χ3v) is 5.28. The molecule has 3 aromatic rings. The van der Waals surface area contributed by atoms with E-state index in [1.165, 1.54) is 5.56 Å². The Morgan fingerprint density at radius 2 is 2.07 bits per heavy atom. The molecule has 0 saturated carbocycles. The molecule has 0 aliphatic carbocycles. The van der Waals surface area contributed by atoms with Crippen LogP contribution in [0.4, 0.5) is 0 Å². The molecule has 0 amide bonds. The maximum Gasteiger partial charge on any atom is 0.313 e. The minimum absolute atomic E-state index is 0.0571. The average molecular weight is 385 g/mol. The fraction of sp³-hybridized carbons (Fsp3) is 0.333. The van der Waals surface area contributed by atoms with E-state index in [4.69, 9.17) is 4.74 Å². The zero-order chi connectivity index (χ0) is 19.6. The molecule has 0 radical (unpaired) electrons. The first-order chi connectivity index (χ1) is 12.8. The molecular formula is C21H24N2O3S. The molecule has 2 heterocycles. The highest BCUT2D eigenvalue weighted by molar-refractivity contribution is 7.17. The Morgan fingerprint density at radius 3 is 2.74 bits per heavy atom. The summed E-state index contributed by atoms with van der Waals surface area (Å²) in [6.45, 7) is 7.54. The van der Waals surface area contributed by atoms with Gasteiger partial charge in [-0.3, -0.25) is 9.36 Å². The Labute approximate surface area is 163 Å². The van der Waals surface area contributed by atoms with Crippen molar-refractivity contribution < 1.29 is 14.6 Å². The number of imidazole rings is 1. The number of benzene rings is 1. The SMILES string of the molecule is CCOC(=O)Cc1nc(C(C)(C)O)cn1-c1ccc(-c2cccc(C)c2)s1. The largest absolute Gasteiger partial charge is 0.466 e. The van der Waals surface area contributed by atoms with Crippen molar-refractivity contribution in [3.63, 3.8) is 0 Å². The van der Waals surface area contributed by atoms with Gasteiger partial charge in [0, 0.05) is 11.1 Å². The van der Waals surface area contributed by atoms with Gasteiger partial charge in [0.15, 0.2) is 0 Å². The first-order valence-electron chi connectivity index (χ1n) is 8.92. The molecule has 6 heteroatoms. The van der Waals surface area contributed by atoms with E-state index < -0.39 is 5.60 Å². The molecule has 3 rings (SSSR count). The van der Waals surface area contributed by atoms with Crippen LogP contribution in [0.25, 0.3) is 15.4 Å². The van der Waals surface area contributed by atoms with Crippen LogP contribution in [0.1, 0.15) is 37.9 Å². The molecule has 0 atom stereocenters. The van der Waals surface area contributed by atoms with E-state index in [9.17, 15) is 9.90 Å². The molecule has 0 spiro atoms. The number of hydrogen-bond acceptors (Lipinski definition) is 5. The molecule has 1 N–H and O–H groups in total. The number of carbonyl (C=O) groups excluding carboxylic acids is 1. The van der Waals surface area contributed by atoms with Crippen molar-refractivity contribution in [1.29, 1.82) is 0 Å². The summed E-state index contributed by atoms with van der Waals surface area (Å²) in [7, 11) is 0. The highest BCUT2D eigenvalue weighted by Gasteiger charge is 2.24. The normalized spacial score (nSPS) is 11.6. The smallest absolute Gasteiger partial charge is 0.313 e. The van der Waals surface area contributed by atoms with Crippen molar-refractivity contribution >= 4 is 17.3 Å². The lowest BCUT2D eigenvalue weighted by atomic mass is 10.1. The minimum Gasteiger partial charge on any atom is -0.466 e. The van der Waals surface area contributed by atoms with E-state index in [1.54, 1.807) is 38.3 Å². The summed E-state index contributed by atoms with van der Waals surface area (Å²) in [4.78, 5) is 17.6. The summed E-state index contributed by atoms with van der Waals surface area (Å²) in [5, 5.41) is 11.3. The van der Waals surface area contributed by atoms with Crippen LogP contribution < -0.4 is 0 Å². The summed E-state index contributed by atoms with van der Waals surface area (Å²) in [5.74, 6) is 0.227. The molecule has 0 aliphatic heterocycles. The lowest BCUT2D eigenvalue weighted by Crippen LogP contribution is -2.16. The summed E-state index contributed by atoms with van der Waals surface area (Å²) in [6.07, 6.45) is 1.85. The van der Waals surface area contributed by atoms with Gasteiger partial charge in [-0.15, -0.1) is 11.3 Å². The summed E-state index contributed by atoms with van der Waals surface area (Å²) in [6, 6.07) is 12.4. The Kier molecular flexibility index (Phi) is 5.48. The van der Waals surface area contributed by atoms with E-state index in [-0.39, 0.29) is 12.4 Å². The number of thiophene rings is 1. The van der Waals surface area contributed by atoms with Gasteiger partial charge in [-0.2, -0.15) is 0 Å². The highest BCUT2D eigenvalue weighted by Crippen LogP contribution is 2.32. The molecular weight excluding hydrogens is 360 g/mol. The Morgan fingerprint density at radius 1 is 1.30 bits per heavy atom. The quantitative estimate of drug-likeness (QED) is 0.646. The standard InChI is InChI=1S/C21H24N2O3S/c1-5-26-20(24)12-18-22-17(21(3,4)25)13-23(18)19-10-9-16(27-19)15-8-6-7-14(2)11-15/h6-11,13,25H,5,12H2,1-4H3. The second-order valence-corrected chi connectivity index (χ2v) is 8.02. The number of carbonyl (C=O) groups is 1. The number of ether oxygens (including phenoxy) is 1. The van der Waals surface area contributed by atoms with Crippen molar-refractivity contribution in [3.8, 4) is 15.4 Å². The second-order valence-electron chi connectivity index (χ2n) is 6.96. The molecule has 142 valence electrons. The number of aliphatic hydroxyl groups is 1. The van der Waals surface area contributed by atoms with Gasteiger partial charge in [0.25, 0.3) is 0 Å². The molecule has 0 saturated heterocycles. The van der Waals surface area contributed by atoms with Crippen LogP contribution in [0, 0.1) is 6.92 Å². The third kappa shape index (κ3) is 4.46. The van der Waals surface area contributed by atoms with Crippen molar-refractivity contribution in [3.05, 3.63) is 59.7 Å². The van der Waals surface area contributed by atoms with E-state index in [2.05, 4.69) is 36.2 Å². The summed E-state index contributed by atoms with van der Waals surface area (Å²) in [5.41, 5.74) is 1.79. The number of rotatable bonds is 6. The summed E-state index contributed by atoms with van der Waals surface area (Å²) >= 11 is 1.62. The fourth-order valence-corrected chi connectivity index (χ4v) is 3.78. The van der Waals surface area contributed by atoms with E-state index >= 15 is 0 Å². The zero-order valence-corrected chi connectivity index (χ0v) is 16.8. The molecule has 27 heavy (non-hydrogen) atoms. The zero-order valence-electron chi connectivity index (χ0n) is 16.0. The van der Waals surface area contributed by atoms with E-state index in [1.807, 2.05) is 16.7 Å². The maximum absolute atomic E-state index is 12.0. The van der Waals surface area contributed by atoms with Crippen LogP contribution in [0.2, 0.25) is 0 Å². The van der Waals surface area contributed by atoms with E-state index in [0.717, 1.165) is 15.4 Å². The monoisotopic (exact) mass is 384 g/mol. The van der Waals surface area contributed by atoms with Crippen molar-refractivity contribution in [1.82, 2.24) is 9.55 Å². The van der Waals surface area contributed by atoms with Gasteiger partial charge in [-0.25, -0.2) is 4.98 Å². The second kappa shape index (κ2) is 7.66.